The first-order chi connectivity index (χ1) is 17.3. The smallest absolute Gasteiger partial charge is 0.248 e. The van der Waals surface area contributed by atoms with E-state index < -0.39 is 10.9 Å². The summed E-state index contributed by atoms with van der Waals surface area (Å²) in [6, 6.07) is 5.70. The van der Waals surface area contributed by atoms with Gasteiger partial charge in [-0.05, 0) is 37.6 Å². The zero-order chi connectivity index (χ0) is 25.3. The highest BCUT2D eigenvalue weighted by Crippen LogP contribution is 2.34. The number of fused-ring (bicyclic) bond motifs is 1. The van der Waals surface area contributed by atoms with E-state index in [1.165, 1.54) is 7.11 Å². The molecule has 12 nitrogen and oxygen atoms in total. The highest BCUT2D eigenvalue weighted by molar-refractivity contribution is 7.70. The Hall–Kier alpha value is -3.39. The van der Waals surface area contributed by atoms with Crippen LogP contribution in [0.5, 0.6) is 5.88 Å². The van der Waals surface area contributed by atoms with E-state index in [9.17, 15) is 8.42 Å². The maximum Gasteiger partial charge on any atom is 0.248 e. The van der Waals surface area contributed by atoms with Gasteiger partial charge in [-0.1, -0.05) is 0 Å². The van der Waals surface area contributed by atoms with Gasteiger partial charge in [-0.3, -0.25) is 10.00 Å². The minimum atomic E-state index is -2.75. The van der Waals surface area contributed by atoms with Crippen molar-refractivity contribution in [2.45, 2.75) is 32.5 Å². The average molecular weight is 514 g/mol. The Morgan fingerprint density at radius 1 is 1.19 bits per heavy atom. The van der Waals surface area contributed by atoms with E-state index in [-0.39, 0.29) is 12.1 Å². The molecule has 0 unspecified atom stereocenters. The molecule has 0 bridgehead atoms. The van der Waals surface area contributed by atoms with Crippen molar-refractivity contribution < 1.29 is 22.3 Å². The van der Waals surface area contributed by atoms with E-state index in [0.717, 1.165) is 40.7 Å². The molecule has 2 N–H and O–H groups in total. The zero-order valence-electron chi connectivity index (χ0n) is 20.1. The van der Waals surface area contributed by atoms with E-state index in [0.29, 0.717) is 36.4 Å². The third kappa shape index (κ3) is 5.23. The number of H-pyrrole nitrogens is 1. The first kappa shape index (κ1) is 24.3. The summed E-state index contributed by atoms with van der Waals surface area (Å²) in [4.78, 5) is 6.59. The number of pyridine rings is 1. The summed E-state index contributed by atoms with van der Waals surface area (Å²) in [6.45, 7) is 6.96. The van der Waals surface area contributed by atoms with Crippen molar-refractivity contribution in [2.75, 3.05) is 26.8 Å². The van der Waals surface area contributed by atoms with Crippen LogP contribution in [0.2, 0.25) is 0 Å². The van der Waals surface area contributed by atoms with Gasteiger partial charge >= 0.3 is 0 Å². The number of hydrogen-bond donors (Lipinski definition) is 3. The van der Waals surface area contributed by atoms with Gasteiger partial charge in [-0.2, -0.15) is 5.10 Å². The summed E-state index contributed by atoms with van der Waals surface area (Å²) in [5, 5.41) is 16.6. The number of nitrogens with one attached hydrogen (secondary N) is 2. The zero-order valence-corrected chi connectivity index (χ0v) is 21.0. The van der Waals surface area contributed by atoms with E-state index >= 15 is 0 Å². The minimum Gasteiger partial charge on any atom is -0.481 e. The number of methoxy groups -OCH3 is 1. The molecule has 190 valence electrons. The highest BCUT2D eigenvalue weighted by atomic mass is 32.2. The van der Waals surface area contributed by atoms with E-state index in [4.69, 9.17) is 13.9 Å². The molecule has 0 atom stereocenters. The molecular formula is C23H27N7O5S. The molecule has 1 aliphatic heterocycles. The molecule has 0 saturated carbocycles. The summed E-state index contributed by atoms with van der Waals surface area (Å²) in [5.41, 5.74) is 3.49. The van der Waals surface area contributed by atoms with Crippen molar-refractivity contribution in [3.05, 3.63) is 42.0 Å². The molecule has 3 aromatic heterocycles. The molecule has 0 aliphatic carbocycles. The quantitative estimate of drug-likeness (QED) is 0.298. The van der Waals surface area contributed by atoms with Crippen LogP contribution in [0.15, 0.2) is 35.0 Å². The fourth-order valence-electron chi connectivity index (χ4n) is 4.38. The number of benzene rings is 1. The average Bonchev–Trinajstić information content (AvgIpc) is 3.51. The third-order valence-corrected chi connectivity index (χ3v) is 6.39. The molecule has 1 aliphatic rings. The lowest BCUT2D eigenvalue weighted by Crippen LogP contribution is -2.47. The Morgan fingerprint density at radius 2 is 2.06 bits per heavy atom. The standard InChI is InChI=1S/C23H27N7O5S/c1-23(2)13-30(4-5-34-23)12-20-28-29-22(35-20)17-7-14(8-19-18(17)11-25-27-19)15-6-16(10-26-36(31)32)21(33-3)24-9-15/h6-9,11,36H,4-5,10,12-13H2,1-3H3,(H,25,27)(H,26,31,32). The van der Waals surface area contributed by atoms with Crippen LogP contribution in [0.1, 0.15) is 25.3 Å². The van der Waals surface area contributed by atoms with Crippen molar-refractivity contribution in [1.82, 2.24) is 35.0 Å². The van der Waals surface area contributed by atoms with Gasteiger partial charge in [0.05, 0.1) is 43.1 Å². The number of hydrogen-bond acceptors (Lipinski definition) is 10. The van der Waals surface area contributed by atoms with Crippen molar-refractivity contribution in [2.24, 2.45) is 0 Å². The van der Waals surface area contributed by atoms with Crippen LogP contribution in [-0.4, -0.2) is 71.1 Å². The number of morpholine rings is 1. The lowest BCUT2D eigenvalue weighted by atomic mass is 10.0. The maximum atomic E-state index is 11.0. The summed E-state index contributed by atoms with van der Waals surface area (Å²) in [7, 11) is -1.26. The third-order valence-electron chi connectivity index (χ3n) is 5.97. The predicted octanol–water partition coefficient (Wildman–Crippen LogP) is 1.91. The maximum absolute atomic E-state index is 11.0. The summed E-state index contributed by atoms with van der Waals surface area (Å²) in [5.74, 6) is 1.26. The predicted molar refractivity (Wildman–Crippen MR) is 132 cm³/mol. The number of thiol groups is 1. The second-order valence-electron chi connectivity index (χ2n) is 9.16. The molecule has 4 heterocycles. The van der Waals surface area contributed by atoms with Crippen LogP contribution in [0.25, 0.3) is 33.5 Å². The van der Waals surface area contributed by atoms with Gasteiger partial charge in [-0.25, -0.2) is 18.1 Å². The van der Waals surface area contributed by atoms with Gasteiger partial charge in [-0.15, -0.1) is 10.2 Å². The van der Waals surface area contributed by atoms with Crippen molar-refractivity contribution in [3.8, 4) is 28.5 Å². The summed E-state index contributed by atoms with van der Waals surface area (Å²) >= 11 is 0. The van der Waals surface area contributed by atoms with Crippen LogP contribution < -0.4 is 9.46 Å². The van der Waals surface area contributed by atoms with Crippen LogP contribution in [0.4, 0.5) is 0 Å². The van der Waals surface area contributed by atoms with Crippen LogP contribution in [0, 0.1) is 0 Å². The minimum absolute atomic E-state index is 0.0627. The fraction of sp³-hybridized carbons (Fsp3) is 0.391. The van der Waals surface area contributed by atoms with Crippen molar-refractivity contribution in [1.29, 1.82) is 0 Å². The molecular weight excluding hydrogens is 486 g/mol. The van der Waals surface area contributed by atoms with E-state index in [1.807, 2.05) is 18.2 Å². The first-order valence-corrected chi connectivity index (χ1v) is 12.6. The molecule has 5 rings (SSSR count). The molecule has 36 heavy (non-hydrogen) atoms. The Labute approximate surface area is 209 Å². The normalized spacial score (nSPS) is 16.1. The molecule has 1 aromatic carbocycles. The lowest BCUT2D eigenvalue weighted by molar-refractivity contribution is -0.0897. The first-order valence-electron chi connectivity index (χ1n) is 11.4. The van der Waals surface area contributed by atoms with Crippen molar-refractivity contribution in [3.63, 3.8) is 0 Å². The number of ether oxygens (including phenoxy) is 2. The van der Waals surface area contributed by atoms with Gasteiger partial charge in [0.25, 0.3) is 0 Å². The Bertz CT molecular complexity index is 1450. The molecule has 1 fully saturated rings. The van der Waals surface area contributed by atoms with E-state index in [1.54, 1.807) is 12.4 Å². The number of rotatable bonds is 8. The highest BCUT2D eigenvalue weighted by Gasteiger charge is 2.28. The Balaban J connectivity index is 1.47. The summed E-state index contributed by atoms with van der Waals surface area (Å²) in [6.07, 6.45) is 3.38. The molecule has 1 saturated heterocycles. The summed E-state index contributed by atoms with van der Waals surface area (Å²) < 4.78 is 41.6. The molecule has 4 aromatic rings. The van der Waals surface area contributed by atoms with Gasteiger partial charge in [0.1, 0.15) is 0 Å². The fourth-order valence-corrected chi connectivity index (χ4v) is 4.68. The van der Waals surface area contributed by atoms with Gasteiger partial charge in [0.15, 0.2) is 0 Å². The lowest BCUT2D eigenvalue weighted by Gasteiger charge is -2.37. The topological polar surface area (TPSA) is 148 Å². The number of nitrogens with zero attached hydrogens (tertiary/aromatic N) is 5. The van der Waals surface area contributed by atoms with E-state index in [2.05, 4.69) is 48.8 Å². The molecule has 0 radical (unpaired) electrons. The molecule has 13 heteroatoms. The van der Waals surface area contributed by atoms with Crippen LogP contribution >= 0.6 is 0 Å². The largest absolute Gasteiger partial charge is 0.481 e. The van der Waals surface area contributed by atoms with Crippen LogP contribution in [0.3, 0.4) is 0 Å². The molecule has 0 spiro atoms. The van der Waals surface area contributed by atoms with Crippen molar-refractivity contribution >= 4 is 21.8 Å². The Morgan fingerprint density at radius 3 is 2.83 bits per heavy atom. The SMILES string of the molecule is COc1ncc(-c2cc(-c3nnc(CN4CCOC(C)(C)C4)o3)c3cn[nH]c3c2)cc1CN[SH](=O)=O. The van der Waals surface area contributed by atoms with Crippen LogP contribution in [-0.2, 0) is 28.7 Å². The molecule has 0 amide bonds. The second-order valence-corrected chi connectivity index (χ2v) is 9.99. The van der Waals surface area contributed by atoms with Gasteiger partial charge < -0.3 is 13.9 Å². The second kappa shape index (κ2) is 9.93. The number of aromatic amines is 1. The van der Waals surface area contributed by atoms with Gasteiger partial charge in [0, 0.05) is 42.3 Å². The monoisotopic (exact) mass is 513 g/mol. The Kier molecular flexibility index (Phi) is 6.71. The van der Waals surface area contributed by atoms with Gasteiger partial charge in [0.2, 0.25) is 28.6 Å². The number of aromatic nitrogens is 5.